The first-order valence-electron chi connectivity index (χ1n) is 7.24. The SMILES string of the molecule is COc1ccc(-c2noc(CNc3cccc(Br)c3)n2)c(OC)c1. The molecule has 7 heteroatoms. The number of aromatic nitrogens is 2. The number of halogens is 1. The van der Waals surface area contributed by atoms with Crippen molar-refractivity contribution in [2.24, 2.45) is 0 Å². The van der Waals surface area contributed by atoms with E-state index in [4.69, 9.17) is 14.0 Å². The molecule has 0 amide bonds. The van der Waals surface area contributed by atoms with E-state index < -0.39 is 0 Å². The highest BCUT2D eigenvalue weighted by Crippen LogP contribution is 2.31. The van der Waals surface area contributed by atoms with E-state index >= 15 is 0 Å². The number of nitrogens with zero attached hydrogens (tertiary/aromatic N) is 2. The molecule has 0 bridgehead atoms. The molecule has 0 fully saturated rings. The average Bonchev–Trinajstić information content (AvgIpc) is 3.08. The minimum absolute atomic E-state index is 0.432. The Labute approximate surface area is 147 Å². The second-order valence-electron chi connectivity index (χ2n) is 4.94. The van der Waals surface area contributed by atoms with Crippen molar-refractivity contribution in [1.82, 2.24) is 10.1 Å². The monoisotopic (exact) mass is 389 g/mol. The summed E-state index contributed by atoms with van der Waals surface area (Å²) in [6.07, 6.45) is 0. The van der Waals surface area contributed by atoms with Gasteiger partial charge in [0.2, 0.25) is 11.7 Å². The normalized spacial score (nSPS) is 10.5. The van der Waals surface area contributed by atoms with Crippen molar-refractivity contribution in [3.05, 3.63) is 52.8 Å². The van der Waals surface area contributed by atoms with Crippen LogP contribution in [0.1, 0.15) is 5.89 Å². The first-order valence-corrected chi connectivity index (χ1v) is 8.03. The molecule has 3 aromatic rings. The lowest BCUT2D eigenvalue weighted by molar-refractivity contribution is 0.382. The fraction of sp³-hybridized carbons (Fsp3) is 0.176. The molecule has 0 aliphatic rings. The van der Waals surface area contributed by atoms with E-state index in [0.29, 0.717) is 29.8 Å². The van der Waals surface area contributed by atoms with Gasteiger partial charge < -0.3 is 19.3 Å². The van der Waals surface area contributed by atoms with E-state index in [1.54, 1.807) is 20.3 Å². The third kappa shape index (κ3) is 3.68. The molecule has 0 aliphatic carbocycles. The van der Waals surface area contributed by atoms with Gasteiger partial charge in [0.25, 0.3) is 0 Å². The van der Waals surface area contributed by atoms with E-state index in [1.807, 2.05) is 36.4 Å². The second kappa shape index (κ2) is 7.35. The van der Waals surface area contributed by atoms with Crippen LogP contribution in [0, 0.1) is 0 Å². The van der Waals surface area contributed by atoms with Crippen molar-refractivity contribution < 1.29 is 14.0 Å². The van der Waals surface area contributed by atoms with Gasteiger partial charge in [0.1, 0.15) is 11.5 Å². The molecule has 0 saturated carbocycles. The molecule has 24 heavy (non-hydrogen) atoms. The molecular formula is C17H16BrN3O3. The first kappa shape index (κ1) is 16.3. The average molecular weight is 390 g/mol. The third-order valence-electron chi connectivity index (χ3n) is 3.39. The van der Waals surface area contributed by atoms with Crippen LogP contribution in [0.4, 0.5) is 5.69 Å². The van der Waals surface area contributed by atoms with E-state index in [1.165, 1.54) is 0 Å². The maximum Gasteiger partial charge on any atom is 0.246 e. The van der Waals surface area contributed by atoms with Crippen molar-refractivity contribution in [2.75, 3.05) is 19.5 Å². The Morgan fingerprint density at radius 2 is 2.00 bits per heavy atom. The fourth-order valence-corrected chi connectivity index (χ4v) is 2.59. The van der Waals surface area contributed by atoms with Gasteiger partial charge in [-0.05, 0) is 30.3 Å². The van der Waals surface area contributed by atoms with Gasteiger partial charge in [-0.25, -0.2) is 0 Å². The summed E-state index contributed by atoms with van der Waals surface area (Å²) in [5, 5.41) is 7.26. The predicted molar refractivity (Wildman–Crippen MR) is 94.3 cm³/mol. The number of methoxy groups -OCH3 is 2. The molecule has 3 rings (SSSR count). The van der Waals surface area contributed by atoms with Crippen LogP contribution in [0.15, 0.2) is 51.5 Å². The third-order valence-corrected chi connectivity index (χ3v) is 3.88. The van der Waals surface area contributed by atoms with Crippen LogP contribution in [0.2, 0.25) is 0 Å². The Kier molecular flexibility index (Phi) is 5.00. The number of ether oxygens (including phenoxy) is 2. The first-order chi connectivity index (χ1) is 11.7. The summed E-state index contributed by atoms with van der Waals surface area (Å²) in [6, 6.07) is 13.3. The van der Waals surface area contributed by atoms with Crippen molar-refractivity contribution >= 4 is 21.6 Å². The molecule has 6 nitrogen and oxygen atoms in total. The van der Waals surface area contributed by atoms with Gasteiger partial charge in [-0.3, -0.25) is 0 Å². The lowest BCUT2D eigenvalue weighted by Gasteiger charge is -2.07. The molecule has 0 saturated heterocycles. The number of rotatable bonds is 6. The number of hydrogen-bond donors (Lipinski definition) is 1. The van der Waals surface area contributed by atoms with Gasteiger partial charge in [-0.1, -0.05) is 27.2 Å². The molecule has 124 valence electrons. The molecule has 2 aromatic carbocycles. The molecule has 0 radical (unpaired) electrons. The predicted octanol–water partition coefficient (Wildman–Crippen LogP) is 4.13. The molecule has 1 aromatic heterocycles. The molecule has 0 spiro atoms. The van der Waals surface area contributed by atoms with E-state index in [0.717, 1.165) is 15.7 Å². The van der Waals surface area contributed by atoms with Gasteiger partial charge in [0, 0.05) is 16.2 Å². The molecule has 1 heterocycles. The summed E-state index contributed by atoms with van der Waals surface area (Å²) in [5.41, 5.74) is 1.71. The van der Waals surface area contributed by atoms with Crippen molar-refractivity contribution in [1.29, 1.82) is 0 Å². The second-order valence-corrected chi connectivity index (χ2v) is 5.86. The van der Waals surface area contributed by atoms with Crippen LogP contribution < -0.4 is 14.8 Å². The topological polar surface area (TPSA) is 69.4 Å². The zero-order valence-corrected chi connectivity index (χ0v) is 14.8. The van der Waals surface area contributed by atoms with Gasteiger partial charge in [0.05, 0.1) is 26.3 Å². The van der Waals surface area contributed by atoms with Gasteiger partial charge in [-0.15, -0.1) is 0 Å². The van der Waals surface area contributed by atoms with Gasteiger partial charge >= 0.3 is 0 Å². The number of nitrogens with one attached hydrogen (secondary N) is 1. The van der Waals surface area contributed by atoms with Crippen LogP contribution in [0.5, 0.6) is 11.5 Å². The van der Waals surface area contributed by atoms with Crippen molar-refractivity contribution in [3.8, 4) is 22.9 Å². The van der Waals surface area contributed by atoms with Crippen molar-refractivity contribution in [2.45, 2.75) is 6.54 Å². The molecular weight excluding hydrogens is 374 g/mol. The highest BCUT2D eigenvalue weighted by molar-refractivity contribution is 9.10. The summed E-state index contributed by atoms with van der Waals surface area (Å²) in [4.78, 5) is 4.41. The maximum absolute atomic E-state index is 5.37. The van der Waals surface area contributed by atoms with E-state index in [9.17, 15) is 0 Å². The minimum Gasteiger partial charge on any atom is -0.497 e. The molecule has 1 N–H and O–H groups in total. The summed E-state index contributed by atoms with van der Waals surface area (Å²) in [6.45, 7) is 0.432. The Morgan fingerprint density at radius 1 is 1.12 bits per heavy atom. The molecule has 0 aliphatic heterocycles. The Balaban J connectivity index is 1.76. The lowest BCUT2D eigenvalue weighted by Crippen LogP contribution is -1.99. The largest absolute Gasteiger partial charge is 0.497 e. The van der Waals surface area contributed by atoms with Crippen LogP contribution in [-0.4, -0.2) is 24.4 Å². The summed E-state index contributed by atoms with van der Waals surface area (Å²) in [5.74, 6) is 2.29. The van der Waals surface area contributed by atoms with E-state index in [-0.39, 0.29) is 0 Å². The zero-order chi connectivity index (χ0) is 16.9. The maximum atomic E-state index is 5.37. The van der Waals surface area contributed by atoms with Crippen LogP contribution in [0.3, 0.4) is 0 Å². The highest BCUT2D eigenvalue weighted by Gasteiger charge is 2.14. The van der Waals surface area contributed by atoms with Crippen LogP contribution in [-0.2, 0) is 6.54 Å². The fourth-order valence-electron chi connectivity index (χ4n) is 2.20. The Hall–Kier alpha value is -2.54. The molecule has 0 unspecified atom stereocenters. The van der Waals surface area contributed by atoms with Crippen LogP contribution >= 0.6 is 15.9 Å². The summed E-state index contributed by atoms with van der Waals surface area (Å²) < 4.78 is 16.9. The Morgan fingerprint density at radius 3 is 2.75 bits per heavy atom. The number of benzene rings is 2. The summed E-state index contributed by atoms with van der Waals surface area (Å²) >= 11 is 3.44. The lowest BCUT2D eigenvalue weighted by atomic mass is 10.2. The summed E-state index contributed by atoms with van der Waals surface area (Å²) in [7, 11) is 3.20. The van der Waals surface area contributed by atoms with Crippen LogP contribution in [0.25, 0.3) is 11.4 Å². The standard InChI is InChI=1S/C17H16BrN3O3/c1-22-13-6-7-14(15(9-13)23-2)17-20-16(24-21-17)10-19-12-5-3-4-11(18)8-12/h3-9,19H,10H2,1-2H3. The van der Waals surface area contributed by atoms with Crippen molar-refractivity contribution in [3.63, 3.8) is 0 Å². The number of anilines is 1. The van der Waals surface area contributed by atoms with Gasteiger partial charge in [-0.2, -0.15) is 4.98 Å². The quantitative estimate of drug-likeness (QED) is 0.683. The smallest absolute Gasteiger partial charge is 0.246 e. The Bertz CT molecular complexity index is 835. The molecule has 0 atom stereocenters. The number of hydrogen-bond acceptors (Lipinski definition) is 6. The van der Waals surface area contributed by atoms with E-state index in [2.05, 4.69) is 31.4 Å². The van der Waals surface area contributed by atoms with Gasteiger partial charge in [0.15, 0.2) is 0 Å². The highest BCUT2D eigenvalue weighted by atomic mass is 79.9. The minimum atomic E-state index is 0.432. The zero-order valence-electron chi connectivity index (χ0n) is 13.2.